The molecule has 1 N–H and O–H groups in total. The van der Waals surface area contributed by atoms with E-state index in [0.29, 0.717) is 5.75 Å². The van der Waals surface area contributed by atoms with Gasteiger partial charge in [-0.3, -0.25) is 4.90 Å². The zero-order valence-electron chi connectivity index (χ0n) is 11.3. The maximum Gasteiger partial charge on any atom is 0.339 e. The molecular formula is C14H21NO3. The van der Waals surface area contributed by atoms with Crippen LogP contribution in [0.2, 0.25) is 0 Å². The van der Waals surface area contributed by atoms with Gasteiger partial charge in [0.05, 0.1) is 7.11 Å². The second-order valence-electron chi connectivity index (χ2n) is 4.21. The molecule has 4 heteroatoms. The Labute approximate surface area is 108 Å². The van der Waals surface area contributed by atoms with Gasteiger partial charge in [0.15, 0.2) is 0 Å². The Bertz CT molecular complexity index is 404. The van der Waals surface area contributed by atoms with Gasteiger partial charge in [0, 0.05) is 6.54 Å². The Balaban J connectivity index is 2.88. The molecule has 100 valence electrons. The summed E-state index contributed by atoms with van der Waals surface area (Å²) in [6, 6.07) is 5.27. The van der Waals surface area contributed by atoms with Gasteiger partial charge in [-0.2, -0.15) is 0 Å². The molecule has 0 spiro atoms. The molecule has 0 aliphatic rings. The molecule has 1 rings (SSSR count). The number of hydrogen-bond donors (Lipinski definition) is 1. The summed E-state index contributed by atoms with van der Waals surface area (Å²) in [6.07, 6.45) is 1.11. The number of hydrogen-bond acceptors (Lipinski definition) is 3. The lowest BCUT2D eigenvalue weighted by atomic mass is 10.1. The highest BCUT2D eigenvalue weighted by molar-refractivity contribution is 5.90. The molecule has 0 saturated heterocycles. The zero-order valence-corrected chi connectivity index (χ0v) is 11.3. The lowest BCUT2D eigenvalue weighted by molar-refractivity contribution is 0.0693. The Morgan fingerprint density at radius 3 is 2.61 bits per heavy atom. The summed E-state index contributed by atoms with van der Waals surface area (Å²) < 4.78 is 5.12. The van der Waals surface area contributed by atoms with E-state index in [0.717, 1.165) is 31.6 Å². The fourth-order valence-corrected chi connectivity index (χ4v) is 1.93. The number of nitrogens with zero attached hydrogens (tertiary/aromatic N) is 1. The van der Waals surface area contributed by atoms with E-state index >= 15 is 0 Å². The molecule has 0 bridgehead atoms. The summed E-state index contributed by atoms with van der Waals surface area (Å²) in [4.78, 5) is 13.3. The first kappa shape index (κ1) is 14.5. The van der Waals surface area contributed by atoms with Gasteiger partial charge >= 0.3 is 5.97 Å². The van der Waals surface area contributed by atoms with Crippen molar-refractivity contribution in [3.63, 3.8) is 0 Å². The van der Waals surface area contributed by atoms with E-state index in [4.69, 9.17) is 9.84 Å². The van der Waals surface area contributed by atoms with Crippen LogP contribution < -0.4 is 4.74 Å². The number of carbonyl (C=O) groups is 1. The van der Waals surface area contributed by atoms with E-state index < -0.39 is 5.97 Å². The van der Waals surface area contributed by atoms with Crippen molar-refractivity contribution >= 4 is 5.97 Å². The van der Waals surface area contributed by atoms with Crippen LogP contribution in [0.25, 0.3) is 0 Å². The first-order valence-electron chi connectivity index (χ1n) is 6.24. The molecule has 0 aromatic heterocycles. The first-order chi connectivity index (χ1) is 8.62. The third-order valence-electron chi connectivity index (χ3n) is 2.89. The third-order valence-corrected chi connectivity index (χ3v) is 2.89. The van der Waals surface area contributed by atoms with Crippen LogP contribution in [-0.4, -0.2) is 36.2 Å². The summed E-state index contributed by atoms with van der Waals surface area (Å²) in [7, 11) is 1.50. The minimum Gasteiger partial charge on any atom is -0.496 e. The second kappa shape index (κ2) is 7.01. The van der Waals surface area contributed by atoms with Gasteiger partial charge in [-0.1, -0.05) is 19.9 Å². The standard InChI is InChI=1S/C14H21NO3/c1-4-8-15(5-2)10-11-6-7-12(14(16)17)13(9-11)18-3/h6-7,9H,4-5,8,10H2,1-3H3,(H,16,17). The highest BCUT2D eigenvalue weighted by Crippen LogP contribution is 2.21. The highest BCUT2D eigenvalue weighted by atomic mass is 16.5. The molecule has 1 aromatic carbocycles. The van der Waals surface area contributed by atoms with Crippen LogP contribution >= 0.6 is 0 Å². The van der Waals surface area contributed by atoms with Crippen LogP contribution in [0, 0.1) is 0 Å². The first-order valence-corrected chi connectivity index (χ1v) is 6.24. The van der Waals surface area contributed by atoms with E-state index in [1.165, 1.54) is 7.11 Å². The molecule has 18 heavy (non-hydrogen) atoms. The Hall–Kier alpha value is -1.55. The van der Waals surface area contributed by atoms with Crippen LogP contribution in [0.15, 0.2) is 18.2 Å². The minimum atomic E-state index is -0.959. The Morgan fingerprint density at radius 1 is 1.39 bits per heavy atom. The van der Waals surface area contributed by atoms with Crippen molar-refractivity contribution in [3.8, 4) is 5.75 Å². The minimum absolute atomic E-state index is 0.208. The van der Waals surface area contributed by atoms with E-state index in [-0.39, 0.29) is 5.56 Å². The molecule has 0 heterocycles. The number of methoxy groups -OCH3 is 1. The van der Waals surface area contributed by atoms with Gasteiger partial charge in [0.1, 0.15) is 11.3 Å². The fourth-order valence-electron chi connectivity index (χ4n) is 1.93. The van der Waals surface area contributed by atoms with Gasteiger partial charge in [-0.15, -0.1) is 0 Å². The lowest BCUT2D eigenvalue weighted by Crippen LogP contribution is -2.23. The van der Waals surface area contributed by atoms with E-state index in [2.05, 4.69) is 18.7 Å². The summed E-state index contributed by atoms with van der Waals surface area (Å²) in [5.41, 5.74) is 1.28. The topological polar surface area (TPSA) is 49.8 Å². The number of ether oxygens (including phenoxy) is 1. The van der Waals surface area contributed by atoms with Crippen LogP contribution in [0.4, 0.5) is 0 Å². The summed E-state index contributed by atoms with van der Waals surface area (Å²) in [5, 5.41) is 9.01. The van der Waals surface area contributed by atoms with Crippen LogP contribution in [0.1, 0.15) is 36.2 Å². The number of rotatable bonds is 7. The van der Waals surface area contributed by atoms with Gasteiger partial charge in [0.25, 0.3) is 0 Å². The predicted octanol–water partition coefficient (Wildman–Crippen LogP) is 2.63. The molecule has 0 aliphatic heterocycles. The molecule has 4 nitrogen and oxygen atoms in total. The van der Waals surface area contributed by atoms with Crippen LogP contribution in [0.3, 0.4) is 0 Å². The largest absolute Gasteiger partial charge is 0.496 e. The summed E-state index contributed by atoms with van der Waals surface area (Å²) in [5.74, 6) is -0.535. The monoisotopic (exact) mass is 251 g/mol. The highest BCUT2D eigenvalue weighted by Gasteiger charge is 2.12. The predicted molar refractivity (Wildman–Crippen MR) is 71.2 cm³/mol. The molecule has 0 amide bonds. The molecule has 0 unspecified atom stereocenters. The maximum absolute atomic E-state index is 11.0. The number of benzene rings is 1. The van der Waals surface area contributed by atoms with Gasteiger partial charge in [0.2, 0.25) is 0 Å². The second-order valence-corrected chi connectivity index (χ2v) is 4.21. The van der Waals surface area contributed by atoms with Crippen molar-refractivity contribution in [2.24, 2.45) is 0 Å². The molecule has 0 aliphatic carbocycles. The zero-order chi connectivity index (χ0) is 13.5. The van der Waals surface area contributed by atoms with Crippen molar-refractivity contribution < 1.29 is 14.6 Å². The molecule has 0 fully saturated rings. The Kier molecular flexibility index (Phi) is 5.65. The fraction of sp³-hybridized carbons (Fsp3) is 0.500. The summed E-state index contributed by atoms with van der Waals surface area (Å²) >= 11 is 0. The quantitative estimate of drug-likeness (QED) is 0.809. The van der Waals surface area contributed by atoms with Crippen LogP contribution in [0.5, 0.6) is 5.75 Å². The number of carboxylic acids is 1. The molecule has 0 radical (unpaired) electrons. The maximum atomic E-state index is 11.0. The van der Waals surface area contributed by atoms with Crippen molar-refractivity contribution in [1.29, 1.82) is 0 Å². The molecule has 0 saturated carbocycles. The van der Waals surface area contributed by atoms with E-state index in [9.17, 15) is 4.79 Å². The van der Waals surface area contributed by atoms with Crippen molar-refractivity contribution in [2.45, 2.75) is 26.8 Å². The van der Waals surface area contributed by atoms with Gasteiger partial charge < -0.3 is 9.84 Å². The average Bonchev–Trinajstić information content (AvgIpc) is 2.37. The van der Waals surface area contributed by atoms with E-state index in [1.807, 2.05) is 12.1 Å². The third kappa shape index (κ3) is 3.74. The lowest BCUT2D eigenvalue weighted by Gasteiger charge is -2.20. The normalized spacial score (nSPS) is 10.7. The molecule has 1 aromatic rings. The van der Waals surface area contributed by atoms with Gasteiger partial charge in [-0.05, 0) is 37.2 Å². The summed E-state index contributed by atoms with van der Waals surface area (Å²) in [6.45, 7) is 7.12. The SMILES string of the molecule is CCCN(CC)Cc1ccc(C(=O)O)c(OC)c1. The average molecular weight is 251 g/mol. The number of carboxylic acid groups (broad SMARTS) is 1. The van der Waals surface area contributed by atoms with Gasteiger partial charge in [-0.25, -0.2) is 4.79 Å². The number of aromatic carboxylic acids is 1. The van der Waals surface area contributed by atoms with Crippen LogP contribution in [-0.2, 0) is 6.54 Å². The van der Waals surface area contributed by atoms with E-state index in [1.54, 1.807) is 6.07 Å². The Morgan fingerprint density at radius 2 is 2.11 bits per heavy atom. The van der Waals surface area contributed by atoms with Crippen molar-refractivity contribution in [1.82, 2.24) is 4.90 Å². The van der Waals surface area contributed by atoms with Crippen molar-refractivity contribution in [3.05, 3.63) is 29.3 Å². The molecular weight excluding hydrogens is 230 g/mol. The van der Waals surface area contributed by atoms with Crippen molar-refractivity contribution in [2.75, 3.05) is 20.2 Å². The molecule has 0 atom stereocenters. The smallest absolute Gasteiger partial charge is 0.339 e.